The summed E-state index contributed by atoms with van der Waals surface area (Å²) in [5.41, 5.74) is 2.69. The average molecular weight is 429 g/mol. The summed E-state index contributed by atoms with van der Waals surface area (Å²) in [5.74, 6) is 0.441. The highest BCUT2D eigenvalue weighted by Crippen LogP contribution is 2.43. The summed E-state index contributed by atoms with van der Waals surface area (Å²) in [7, 11) is 1.80. The summed E-state index contributed by atoms with van der Waals surface area (Å²) in [6.07, 6.45) is -0.923. The van der Waals surface area contributed by atoms with Crippen LogP contribution in [-0.4, -0.2) is 31.3 Å². The maximum atomic E-state index is 14.0. The maximum absolute atomic E-state index is 14.0. The first-order valence-electron chi connectivity index (χ1n) is 9.83. The molecule has 1 unspecified atom stereocenters. The fraction of sp³-hybridized carbons (Fsp3) is 0.250. The van der Waals surface area contributed by atoms with Crippen molar-refractivity contribution in [1.29, 1.82) is 0 Å². The molecule has 0 saturated heterocycles. The Hall–Kier alpha value is -2.60. The number of fused-ring (bicyclic) bond motifs is 1. The Morgan fingerprint density at radius 3 is 2.53 bits per heavy atom. The summed E-state index contributed by atoms with van der Waals surface area (Å²) >= 11 is 0. The summed E-state index contributed by atoms with van der Waals surface area (Å²) in [6.45, 7) is 0.930. The van der Waals surface area contributed by atoms with Crippen LogP contribution in [0.15, 0.2) is 78.9 Å². The Kier molecular flexibility index (Phi) is 7.32. The molecule has 1 heterocycles. The molecule has 4 rings (SSSR count). The van der Waals surface area contributed by atoms with Crippen LogP contribution in [0.2, 0.25) is 0 Å². The number of aliphatic hydroxyl groups excluding tert-OH is 1. The van der Waals surface area contributed by atoms with Crippen molar-refractivity contribution in [1.82, 2.24) is 5.32 Å². The normalized spacial score (nSPS) is 17.3. The van der Waals surface area contributed by atoms with E-state index in [1.165, 1.54) is 12.1 Å². The molecule has 0 spiro atoms. The molecule has 1 aliphatic rings. The van der Waals surface area contributed by atoms with E-state index in [0.29, 0.717) is 13.1 Å². The third-order valence-electron chi connectivity index (χ3n) is 5.28. The minimum Gasteiger partial charge on any atom is -0.482 e. The highest BCUT2D eigenvalue weighted by molar-refractivity contribution is 5.85. The van der Waals surface area contributed by atoms with Gasteiger partial charge in [-0.15, -0.1) is 12.4 Å². The largest absolute Gasteiger partial charge is 0.482 e. The number of para-hydroxylation sites is 2. The number of hydrogen-bond acceptors (Lipinski definition) is 4. The topological polar surface area (TPSA) is 44.7 Å². The lowest BCUT2D eigenvalue weighted by Gasteiger charge is -2.43. The van der Waals surface area contributed by atoms with Crippen LogP contribution in [0.1, 0.15) is 23.3 Å². The van der Waals surface area contributed by atoms with Gasteiger partial charge in [-0.1, -0.05) is 54.6 Å². The van der Waals surface area contributed by atoms with Crippen molar-refractivity contribution in [3.63, 3.8) is 0 Å². The first-order valence-corrected chi connectivity index (χ1v) is 9.83. The van der Waals surface area contributed by atoms with Gasteiger partial charge in [0.1, 0.15) is 17.7 Å². The van der Waals surface area contributed by atoms with E-state index in [1.807, 2.05) is 60.7 Å². The van der Waals surface area contributed by atoms with Gasteiger partial charge in [0.15, 0.2) is 0 Å². The van der Waals surface area contributed by atoms with E-state index in [9.17, 15) is 9.50 Å². The number of ether oxygens (including phenoxy) is 1. The molecule has 0 bridgehead atoms. The van der Waals surface area contributed by atoms with E-state index >= 15 is 0 Å². The number of rotatable bonds is 6. The number of nitrogens with zero attached hydrogens (tertiary/aromatic N) is 1. The molecule has 0 aromatic heterocycles. The van der Waals surface area contributed by atoms with Gasteiger partial charge >= 0.3 is 0 Å². The molecule has 0 amide bonds. The van der Waals surface area contributed by atoms with Crippen LogP contribution in [0.4, 0.5) is 10.1 Å². The molecule has 3 atom stereocenters. The van der Waals surface area contributed by atoms with E-state index in [2.05, 4.69) is 10.2 Å². The van der Waals surface area contributed by atoms with Crippen LogP contribution in [0.5, 0.6) is 5.75 Å². The molecule has 1 aliphatic heterocycles. The van der Waals surface area contributed by atoms with Gasteiger partial charge in [-0.3, -0.25) is 0 Å². The molecule has 0 saturated carbocycles. The van der Waals surface area contributed by atoms with E-state index in [0.717, 1.165) is 22.6 Å². The fourth-order valence-corrected chi connectivity index (χ4v) is 3.99. The third-order valence-corrected chi connectivity index (χ3v) is 5.28. The fourth-order valence-electron chi connectivity index (χ4n) is 3.99. The zero-order valence-corrected chi connectivity index (χ0v) is 17.6. The monoisotopic (exact) mass is 428 g/mol. The summed E-state index contributed by atoms with van der Waals surface area (Å²) in [6, 6.07) is 23.9. The lowest BCUT2D eigenvalue weighted by atomic mass is 9.96. The zero-order valence-electron chi connectivity index (χ0n) is 16.7. The summed E-state index contributed by atoms with van der Waals surface area (Å²) in [4.78, 5) is 2.13. The Balaban J connectivity index is 0.00000256. The quantitative estimate of drug-likeness (QED) is 0.606. The number of halogens is 2. The molecule has 2 N–H and O–H groups in total. The van der Waals surface area contributed by atoms with Crippen LogP contribution in [0.25, 0.3) is 0 Å². The van der Waals surface area contributed by atoms with Gasteiger partial charge in [-0.2, -0.15) is 0 Å². The molecule has 158 valence electrons. The Bertz CT molecular complexity index is 957. The van der Waals surface area contributed by atoms with Crippen molar-refractivity contribution in [2.45, 2.75) is 18.2 Å². The smallest absolute Gasteiger partial charge is 0.143 e. The molecule has 0 fully saturated rings. The Morgan fingerprint density at radius 1 is 1.07 bits per heavy atom. The van der Waals surface area contributed by atoms with E-state index in [-0.39, 0.29) is 24.3 Å². The third kappa shape index (κ3) is 4.59. The molecule has 0 aliphatic carbocycles. The van der Waals surface area contributed by atoms with Crippen LogP contribution < -0.4 is 15.0 Å². The second-order valence-corrected chi connectivity index (χ2v) is 7.26. The molecular weight excluding hydrogens is 403 g/mol. The second kappa shape index (κ2) is 9.94. The van der Waals surface area contributed by atoms with Crippen LogP contribution in [0.3, 0.4) is 0 Å². The maximum Gasteiger partial charge on any atom is 0.143 e. The number of nitrogens with one attached hydrogen (secondary N) is 1. The highest BCUT2D eigenvalue weighted by Gasteiger charge is 2.35. The van der Waals surface area contributed by atoms with Gasteiger partial charge in [0.2, 0.25) is 0 Å². The lowest BCUT2D eigenvalue weighted by molar-refractivity contribution is 0.124. The number of aliphatic hydroxyl groups is 1. The number of benzene rings is 3. The van der Waals surface area contributed by atoms with Crippen molar-refractivity contribution < 1.29 is 14.2 Å². The van der Waals surface area contributed by atoms with Crippen molar-refractivity contribution in [2.75, 3.05) is 25.0 Å². The molecule has 3 aromatic carbocycles. The number of hydrogen-bond donors (Lipinski definition) is 2. The van der Waals surface area contributed by atoms with Crippen LogP contribution in [0, 0.1) is 5.82 Å². The molecule has 3 aromatic rings. The van der Waals surface area contributed by atoms with Gasteiger partial charge in [-0.05, 0) is 42.4 Å². The van der Waals surface area contributed by atoms with Gasteiger partial charge < -0.3 is 20.1 Å². The summed E-state index contributed by atoms with van der Waals surface area (Å²) < 4.78 is 20.3. The molecule has 0 radical (unpaired) electrons. The molecular formula is C24H26ClFN2O2. The van der Waals surface area contributed by atoms with Gasteiger partial charge in [0.05, 0.1) is 24.4 Å². The predicted molar refractivity (Wildman–Crippen MR) is 120 cm³/mol. The second-order valence-electron chi connectivity index (χ2n) is 7.26. The van der Waals surface area contributed by atoms with Crippen LogP contribution in [-0.2, 0) is 0 Å². The van der Waals surface area contributed by atoms with Crippen molar-refractivity contribution in [2.24, 2.45) is 0 Å². The molecule has 30 heavy (non-hydrogen) atoms. The van der Waals surface area contributed by atoms with Crippen molar-refractivity contribution in [3.05, 3.63) is 95.8 Å². The molecule has 4 nitrogen and oxygen atoms in total. The Morgan fingerprint density at radius 2 is 1.80 bits per heavy atom. The van der Waals surface area contributed by atoms with E-state index in [1.54, 1.807) is 13.1 Å². The predicted octanol–water partition coefficient (Wildman–Crippen LogP) is 4.51. The zero-order chi connectivity index (χ0) is 20.2. The lowest BCUT2D eigenvalue weighted by Crippen LogP contribution is -2.45. The average Bonchev–Trinajstić information content (AvgIpc) is 2.75. The van der Waals surface area contributed by atoms with Crippen LogP contribution >= 0.6 is 12.4 Å². The van der Waals surface area contributed by atoms with E-state index in [4.69, 9.17) is 4.74 Å². The first kappa shape index (κ1) is 22.1. The minimum absolute atomic E-state index is 0. The van der Waals surface area contributed by atoms with E-state index < -0.39 is 12.1 Å². The number of anilines is 1. The minimum atomic E-state index is -0.732. The Labute approximate surface area is 182 Å². The molecule has 6 heteroatoms. The van der Waals surface area contributed by atoms with Gasteiger partial charge in [0, 0.05) is 6.54 Å². The van der Waals surface area contributed by atoms with Gasteiger partial charge in [-0.25, -0.2) is 4.39 Å². The van der Waals surface area contributed by atoms with Crippen molar-refractivity contribution >= 4 is 18.1 Å². The first-order chi connectivity index (χ1) is 14.2. The van der Waals surface area contributed by atoms with Gasteiger partial charge in [0.25, 0.3) is 0 Å². The number of likely N-dealkylation sites (N-methyl/N-ethyl adjacent to an activating group) is 1. The highest BCUT2D eigenvalue weighted by atomic mass is 35.5. The van der Waals surface area contributed by atoms with Crippen molar-refractivity contribution in [3.8, 4) is 5.75 Å². The SMILES string of the molecule is CNC[C@@H](O)[C@H](c1cccc(F)c1)N1CC(c2ccccc2)Oc2ccccc21.Cl. The standard InChI is InChI=1S/C24H25FN2O2.ClH/c1-26-15-21(28)24(18-10-7-11-19(25)14-18)27-16-23(17-8-3-2-4-9-17)29-22-13-6-5-12-20(22)27;/h2-14,21,23-24,26,28H,15-16H2,1H3;1H/t21-,23?,24+;/m1./s1. The summed E-state index contributed by atoms with van der Waals surface area (Å²) in [5, 5.41) is 14.1.